The molecular weight excluding hydrogens is 268 g/mol. The summed E-state index contributed by atoms with van der Waals surface area (Å²) in [6, 6.07) is 11.6. The summed E-state index contributed by atoms with van der Waals surface area (Å²) in [6.45, 7) is 1.88. The van der Waals surface area contributed by atoms with Gasteiger partial charge in [0.25, 0.3) is 0 Å². The molecule has 1 amide bonds. The molecule has 110 valence electrons. The first-order valence-corrected chi connectivity index (χ1v) is 6.61. The number of benzene rings is 2. The van der Waals surface area contributed by atoms with E-state index in [0.29, 0.717) is 5.56 Å². The van der Waals surface area contributed by atoms with E-state index in [1.54, 1.807) is 0 Å². The van der Waals surface area contributed by atoms with Gasteiger partial charge in [0.1, 0.15) is 11.5 Å². The molecule has 0 aliphatic heterocycles. The molecule has 0 radical (unpaired) electrons. The molecule has 2 rings (SSSR count). The highest BCUT2D eigenvalue weighted by Crippen LogP contribution is 2.30. The molecule has 0 fully saturated rings. The summed E-state index contributed by atoms with van der Waals surface area (Å²) in [4.78, 5) is 10.8. The normalized spacial score (nSPS) is 11.9. The minimum Gasteiger partial charge on any atom is -0.508 e. The molecule has 0 aliphatic carbocycles. The molecule has 0 saturated heterocycles. The molecule has 0 aromatic heterocycles. The van der Waals surface area contributed by atoms with Crippen LogP contribution in [0.2, 0.25) is 0 Å². The second kappa shape index (κ2) is 6.17. The summed E-state index contributed by atoms with van der Waals surface area (Å²) in [5, 5.41) is 22.5. The zero-order valence-corrected chi connectivity index (χ0v) is 11.7. The first-order valence-electron chi connectivity index (χ1n) is 6.61. The lowest BCUT2D eigenvalue weighted by Gasteiger charge is -2.17. The molecule has 0 spiro atoms. The van der Waals surface area contributed by atoms with Crippen molar-refractivity contribution in [3.05, 3.63) is 53.6 Å². The van der Waals surface area contributed by atoms with Crippen LogP contribution in [0.3, 0.4) is 0 Å². The van der Waals surface area contributed by atoms with Gasteiger partial charge in [-0.25, -0.2) is 0 Å². The van der Waals surface area contributed by atoms with Gasteiger partial charge in [0.15, 0.2) is 0 Å². The summed E-state index contributed by atoms with van der Waals surface area (Å²) in [5.41, 5.74) is 7.45. The first-order chi connectivity index (χ1) is 9.95. The number of phenols is 2. The van der Waals surface area contributed by atoms with Crippen LogP contribution in [-0.2, 0) is 11.2 Å². The van der Waals surface area contributed by atoms with Crippen molar-refractivity contribution >= 4 is 11.6 Å². The predicted octanol–water partition coefficient (Wildman–Crippen LogP) is 2.30. The molecule has 5 nitrogen and oxygen atoms in total. The van der Waals surface area contributed by atoms with Crippen molar-refractivity contribution in [2.75, 3.05) is 5.32 Å². The topological polar surface area (TPSA) is 95.6 Å². The van der Waals surface area contributed by atoms with Gasteiger partial charge in [0.05, 0.1) is 12.5 Å². The molecule has 5 heteroatoms. The van der Waals surface area contributed by atoms with Gasteiger partial charge < -0.3 is 21.3 Å². The first kappa shape index (κ1) is 14.7. The Morgan fingerprint density at radius 3 is 2.48 bits per heavy atom. The van der Waals surface area contributed by atoms with Crippen LogP contribution in [0, 0.1) is 0 Å². The number of hydrogen-bond acceptors (Lipinski definition) is 4. The van der Waals surface area contributed by atoms with E-state index in [1.807, 2.05) is 31.2 Å². The minimum absolute atomic E-state index is 0.105. The number of anilines is 1. The van der Waals surface area contributed by atoms with E-state index in [0.717, 1.165) is 11.3 Å². The van der Waals surface area contributed by atoms with Crippen LogP contribution in [0.25, 0.3) is 0 Å². The third kappa shape index (κ3) is 3.89. The Morgan fingerprint density at radius 1 is 1.19 bits per heavy atom. The molecular formula is C16H18N2O3. The van der Waals surface area contributed by atoms with Gasteiger partial charge >= 0.3 is 0 Å². The Kier molecular flexibility index (Phi) is 4.33. The lowest BCUT2D eigenvalue weighted by Crippen LogP contribution is -2.13. The van der Waals surface area contributed by atoms with Crippen molar-refractivity contribution in [2.24, 2.45) is 5.73 Å². The minimum atomic E-state index is -0.367. The maximum Gasteiger partial charge on any atom is 0.221 e. The van der Waals surface area contributed by atoms with Crippen molar-refractivity contribution in [1.29, 1.82) is 0 Å². The van der Waals surface area contributed by atoms with Gasteiger partial charge in [-0.3, -0.25) is 4.79 Å². The Balaban J connectivity index is 2.10. The van der Waals surface area contributed by atoms with Crippen LogP contribution in [0.1, 0.15) is 24.1 Å². The predicted molar refractivity (Wildman–Crippen MR) is 81.1 cm³/mol. The molecule has 1 unspecified atom stereocenters. The van der Waals surface area contributed by atoms with Crippen LogP contribution in [0.5, 0.6) is 11.5 Å². The van der Waals surface area contributed by atoms with Gasteiger partial charge in [0.2, 0.25) is 5.91 Å². The zero-order valence-electron chi connectivity index (χ0n) is 11.7. The smallest absolute Gasteiger partial charge is 0.221 e. The number of carbonyl (C=O) groups excluding carboxylic acids is 1. The SMILES string of the molecule is CC(Nc1ccc(CC(N)=O)cc1)c1cc(O)ccc1O. The summed E-state index contributed by atoms with van der Waals surface area (Å²) in [5.74, 6) is -0.139. The molecule has 0 bridgehead atoms. The molecule has 2 aromatic carbocycles. The second-order valence-electron chi connectivity index (χ2n) is 4.95. The van der Waals surface area contributed by atoms with Crippen molar-refractivity contribution in [3.63, 3.8) is 0 Å². The van der Waals surface area contributed by atoms with E-state index in [2.05, 4.69) is 5.32 Å². The summed E-state index contributed by atoms with van der Waals surface area (Å²) < 4.78 is 0. The fourth-order valence-electron chi connectivity index (χ4n) is 2.14. The van der Waals surface area contributed by atoms with E-state index in [4.69, 9.17) is 5.73 Å². The highest BCUT2D eigenvalue weighted by molar-refractivity contribution is 5.76. The highest BCUT2D eigenvalue weighted by atomic mass is 16.3. The molecule has 2 aromatic rings. The third-order valence-electron chi connectivity index (χ3n) is 3.19. The molecule has 5 N–H and O–H groups in total. The van der Waals surface area contributed by atoms with Crippen LogP contribution in [0.4, 0.5) is 5.69 Å². The number of amides is 1. The summed E-state index contributed by atoms with van der Waals surface area (Å²) >= 11 is 0. The molecule has 0 saturated carbocycles. The second-order valence-corrected chi connectivity index (χ2v) is 4.95. The number of hydrogen-bond donors (Lipinski definition) is 4. The van der Waals surface area contributed by atoms with E-state index in [1.165, 1.54) is 18.2 Å². The number of nitrogens with two attached hydrogens (primary N) is 1. The standard InChI is InChI=1S/C16H18N2O3/c1-10(14-9-13(19)6-7-15(14)20)18-12-4-2-11(3-5-12)8-16(17)21/h2-7,9-10,18-20H,8H2,1H3,(H2,17,21). The van der Waals surface area contributed by atoms with E-state index < -0.39 is 0 Å². The maximum atomic E-state index is 10.8. The number of carbonyl (C=O) groups is 1. The number of phenolic OH excluding ortho intramolecular Hbond substituents is 2. The largest absolute Gasteiger partial charge is 0.508 e. The van der Waals surface area contributed by atoms with Gasteiger partial charge in [0, 0.05) is 11.3 Å². The monoisotopic (exact) mass is 286 g/mol. The maximum absolute atomic E-state index is 10.8. The van der Waals surface area contributed by atoms with Crippen molar-refractivity contribution in [3.8, 4) is 11.5 Å². The fourth-order valence-corrected chi connectivity index (χ4v) is 2.14. The van der Waals surface area contributed by atoms with Crippen molar-refractivity contribution in [1.82, 2.24) is 0 Å². The highest BCUT2D eigenvalue weighted by Gasteiger charge is 2.11. The van der Waals surface area contributed by atoms with Crippen LogP contribution >= 0.6 is 0 Å². The Bertz CT molecular complexity index is 638. The lowest BCUT2D eigenvalue weighted by molar-refractivity contribution is -0.117. The quantitative estimate of drug-likeness (QED) is 0.634. The number of aromatic hydroxyl groups is 2. The summed E-state index contributed by atoms with van der Waals surface area (Å²) in [6.07, 6.45) is 0.211. The van der Waals surface area contributed by atoms with E-state index in [9.17, 15) is 15.0 Å². The van der Waals surface area contributed by atoms with Gasteiger partial charge in [-0.05, 0) is 42.8 Å². The summed E-state index contributed by atoms with van der Waals surface area (Å²) in [7, 11) is 0. The zero-order chi connectivity index (χ0) is 15.4. The van der Waals surface area contributed by atoms with Gasteiger partial charge in [-0.1, -0.05) is 12.1 Å². The fraction of sp³-hybridized carbons (Fsp3) is 0.188. The van der Waals surface area contributed by atoms with Gasteiger partial charge in [-0.2, -0.15) is 0 Å². The molecule has 1 atom stereocenters. The third-order valence-corrected chi connectivity index (χ3v) is 3.19. The average molecular weight is 286 g/mol. The molecule has 21 heavy (non-hydrogen) atoms. The Morgan fingerprint density at radius 2 is 1.86 bits per heavy atom. The number of rotatable bonds is 5. The number of nitrogens with one attached hydrogen (secondary N) is 1. The molecule has 0 heterocycles. The van der Waals surface area contributed by atoms with Crippen molar-refractivity contribution < 1.29 is 15.0 Å². The van der Waals surface area contributed by atoms with Crippen LogP contribution < -0.4 is 11.1 Å². The van der Waals surface area contributed by atoms with Crippen LogP contribution in [-0.4, -0.2) is 16.1 Å². The van der Waals surface area contributed by atoms with E-state index in [-0.39, 0.29) is 29.9 Å². The Hall–Kier alpha value is -2.69. The molecule has 0 aliphatic rings. The Labute approximate surface area is 123 Å². The van der Waals surface area contributed by atoms with E-state index >= 15 is 0 Å². The average Bonchev–Trinajstić information content (AvgIpc) is 2.43. The lowest BCUT2D eigenvalue weighted by atomic mass is 10.1. The van der Waals surface area contributed by atoms with Crippen LogP contribution in [0.15, 0.2) is 42.5 Å². The van der Waals surface area contributed by atoms with Gasteiger partial charge in [-0.15, -0.1) is 0 Å². The van der Waals surface area contributed by atoms with Crippen molar-refractivity contribution in [2.45, 2.75) is 19.4 Å². The number of primary amides is 1.